The number of aliphatic carboxylic acids is 1. The Hall–Kier alpha value is -0.590. The minimum absolute atomic E-state index is 0.260. The van der Waals surface area contributed by atoms with Crippen LogP contribution in [0.25, 0.3) is 0 Å². The van der Waals surface area contributed by atoms with E-state index in [1.807, 2.05) is 12.1 Å². The molecule has 1 atom stereocenters. The van der Waals surface area contributed by atoms with Crippen molar-refractivity contribution < 1.29 is 9.90 Å². The molecular weight excluding hydrogens is 340 g/mol. The van der Waals surface area contributed by atoms with Crippen molar-refractivity contribution in [1.82, 2.24) is 10.3 Å². The monoisotopic (exact) mass is 356 g/mol. The number of halogens is 1. The fourth-order valence-electron chi connectivity index (χ4n) is 2.40. The van der Waals surface area contributed by atoms with Crippen molar-refractivity contribution in [3.63, 3.8) is 0 Å². The summed E-state index contributed by atoms with van der Waals surface area (Å²) in [6.45, 7) is 0. The topological polar surface area (TPSA) is 62.2 Å². The van der Waals surface area contributed by atoms with Crippen molar-refractivity contribution in [3.05, 3.63) is 22.8 Å². The van der Waals surface area contributed by atoms with Crippen LogP contribution in [0.3, 0.4) is 0 Å². The number of nitrogens with one attached hydrogen (secondary N) is 1. The lowest BCUT2D eigenvalue weighted by Gasteiger charge is -2.30. The molecule has 2 aliphatic carbocycles. The standard InChI is InChI=1S/C14H17BrN2O2S/c15-11-2-1-7-16-12(11)20-8-14(13(18)19,9-3-4-9)17-10-5-6-10/h1-2,7,9-10,17H,3-6,8H2,(H,18,19). The van der Waals surface area contributed by atoms with Crippen LogP contribution in [0, 0.1) is 5.92 Å². The summed E-state index contributed by atoms with van der Waals surface area (Å²) in [5, 5.41) is 14.0. The molecule has 1 heterocycles. The average Bonchev–Trinajstić information content (AvgIpc) is 3.27. The highest BCUT2D eigenvalue weighted by molar-refractivity contribution is 9.10. The number of pyridine rings is 1. The first-order chi connectivity index (χ1) is 9.62. The predicted molar refractivity (Wildman–Crippen MR) is 81.9 cm³/mol. The van der Waals surface area contributed by atoms with Crippen LogP contribution >= 0.6 is 27.7 Å². The second kappa shape index (κ2) is 5.66. The Morgan fingerprint density at radius 2 is 2.25 bits per heavy atom. The van der Waals surface area contributed by atoms with Crippen molar-refractivity contribution >= 4 is 33.7 Å². The third-order valence-electron chi connectivity index (χ3n) is 3.86. The molecule has 1 unspecified atom stereocenters. The molecule has 1 aromatic rings. The predicted octanol–water partition coefficient (Wildman–Crippen LogP) is 2.92. The van der Waals surface area contributed by atoms with Gasteiger partial charge < -0.3 is 5.11 Å². The minimum atomic E-state index is -0.789. The smallest absolute Gasteiger partial charge is 0.325 e. The fourth-order valence-corrected chi connectivity index (χ4v) is 4.15. The molecule has 0 aromatic carbocycles. The molecule has 1 aromatic heterocycles. The maximum absolute atomic E-state index is 11.9. The van der Waals surface area contributed by atoms with Crippen LogP contribution in [-0.4, -0.2) is 33.4 Å². The number of carboxylic acids is 1. The van der Waals surface area contributed by atoms with Crippen LogP contribution in [0.2, 0.25) is 0 Å². The summed E-state index contributed by atoms with van der Waals surface area (Å²) >= 11 is 4.98. The number of thioether (sulfide) groups is 1. The van der Waals surface area contributed by atoms with Gasteiger partial charge in [0.05, 0.1) is 0 Å². The molecule has 2 N–H and O–H groups in total. The SMILES string of the molecule is O=C(O)C(CSc1ncccc1Br)(NC1CC1)C1CC1. The second-order valence-corrected chi connectivity index (χ2v) is 7.37. The van der Waals surface area contributed by atoms with Gasteiger partial charge in [0.1, 0.15) is 10.6 Å². The van der Waals surface area contributed by atoms with Crippen molar-refractivity contribution in [3.8, 4) is 0 Å². The van der Waals surface area contributed by atoms with E-state index in [0.717, 1.165) is 35.2 Å². The first kappa shape index (κ1) is 14.4. The summed E-state index contributed by atoms with van der Waals surface area (Å²) in [5.41, 5.74) is -0.789. The lowest BCUT2D eigenvalue weighted by molar-refractivity contribution is -0.145. The Labute approximate surface area is 130 Å². The number of rotatable bonds is 7. The minimum Gasteiger partial charge on any atom is -0.480 e. The number of nitrogens with zero attached hydrogens (tertiary/aromatic N) is 1. The van der Waals surface area contributed by atoms with E-state index in [1.54, 1.807) is 6.20 Å². The Morgan fingerprint density at radius 3 is 2.80 bits per heavy atom. The van der Waals surface area contributed by atoms with Gasteiger partial charge in [-0.15, -0.1) is 11.8 Å². The molecule has 2 saturated carbocycles. The van der Waals surface area contributed by atoms with E-state index in [1.165, 1.54) is 11.8 Å². The van der Waals surface area contributed by atoms with E-state index >= 15 is 0 Å². The fraction of sp³-hybridized carbons (Fsp3) is 0.571. The number of hydrogen-bond donors (Lipinski definition) is 2. The van der Waals surface area contributed by atoms with E-state index in [-0.39, 0.29) is 5.92 Å². The Balaban J connectivity index is 1.75. The molecule has 0 bridgehead atoms. The molecule has 0 saturated heterocycles. The highest BCUT2D eigenvalue weighted by Crippen LogP contribution is 2.44. The summed E-state index contributed by atoms with van der Waals surface area (Å²) in [7, 11) is 0. The molecule has 2 aliphatic rings. The molecule has 108 valence electrons. The number of carboxylic acid groups (broad SMARTS) is 1. The van der Waals surface area contributed by atoms with E-state index in [4.69, 9.17) is 0 Å². The Morgan fingerprint density at radius 1 is 1.50 bits per heavy atom. The van der Waals surface area contributed by atoms with Crippen LogP contribution < -0.4 is 5.32 Å². The van der Waals surface area contributed by atoms with Crippen molar-refractivity contribution in [2.45, 2.75) is 42.3 Å². The third kappa shape index (κ3) is 3.02. The zero-order valence-corrected chi connectivity index (χ0v) is 13.4. The van der Waals surface area contributed by atoms with Gasteiger partial charge >= 0.3 is 5.97 Å². The molecule has 4 nitrogen and oxygen atoms in total. The summed E-state index contributed by atoms with van der Waals surface area (Å²) in [6.07, 6.45) is 5.95. The summed E-state index contributed by atoms with van der Waals surface area (Å²) in [4.78, 5) is 16.2. The van der Waals surface area contributed by atoms with Gasteiger partial charge in [-0.1, -0.05) is 0 Å². The zero-order valence-electron chi connectivity index (χ0n) is 11.0. The first-order valence-electron chi connectivity index (χ1n) is 6.86. The van der Waals surface area contributed by atoms with Crippen LogP contribution in [0.4, 0.5) is 0 Å². The van der Waals surface area contributed by atoms with Crippen molar-refractivity contribution in [2.75, 3.05) is 5.75 Å². The average molecular weight is 357 g/mol. The summed E-state index contributed by atoms with van der Waals surface area (Å²) < 4.78 is 0.923. The lowest BCUT2D eigenvalue weighted by atomic mass is 9.95. The lowest BCUT2D eigenvalue weighted by Crippen LogP contribution is -2.57. The van der Waals surface area contributed by atoms with Gasteiger partial charge in [-0.3, -0.25) is 10.1 Å². The van der Waals surface area contributed by atoms with Gasteiger partial charge in [-0.2, -0.15) is 0 Å². The van der Waals surface area contributed by atoms with Crippen LogP contribution in [-0.2, 0) is 4.79 Å². The van der Waals surface area contributed by atoms with Gasteiger partial charge in [-0.25, -0.2) is 4.98 Å². The van der Waals surface area contributed by atoms with E-state index in [9.17, 15) is 9.90 Å². The van der Waals surface area contributed by atoms with Crippen molar-refractivity contribution in [1.29, 1.82) is 0 Å². The summed E-state index contributed by atoms with van der Waals surface area (Å²) in [5.74, 6) is 0.0705. The quantitative estimate of drug-likeness (QED) is 0.735. The van der Waals surface area contributed by atoms with Gasteiger partial charge in [-0.05, 0) is 59.7 Å². The molecule has 20 heavy (non-hydrogen) atoms. The summed E-state index contributed by atoms with van der Waals surface area (Å²) in [6, 6.07) is 4.19. The van der Waals surface area contributed by atoms with Gasteiger partial charge in [0.2, 0.25) is 0 Å². The molecule has 6 heteroatoms. The van der Waals surface area contributed by atoms with Gasteiger partial charge in [0, 0.05) is 22.5 Å². The van der Waals surface area contributed by atoms with Crippen LogP contribution in [0.5, 0.6) is 0 Å². The first-order valence-corrected chi connectivity index (χ1v) is 8.64. The van der Waals surface area contributed by atoms with Crippen molar-refractivity contribution in [2.24, 2.45) is 5.92 Å². The highest BCUT2D eigenvalue weighted by atomic mass is 79.9. The normalized spacial score (nSPS) is 21.4. The number of hydrogen-bond acceptors (Lipinski definition) is 4. The van der Waals surface area contributed by atoms with Crippen LogP contribution in [0.1, 0.15) is 25.7 Å². The maximum Gasteiger partial charge on any atom is 0.325 e. The highest BCUT2D eigenvalue weighted by Gasteiger charge is 2.53. The van der Waals surface area contributed by atoms with E-state index in [2.05, 4.69) is 26.2 Å². The zero-order chi connectivity index (χ0) is 14.2. The number of aromatic nitrogens is 1. The third-order valence-corrected chi connectivity index (χ3v) is 5.96. The van der Waals surface area contributed by atoms with E-state index in [0.29, 0.717) is 11.8 Å². The second-order valence-electron chi connectivity index (χ2n) is 5.55. The molecule has 0 radical (unpaired) electrons. The molecule has 2 fully saturated rings. The molecule has 3 rings (SSSR count). The van der Waals surface area contributed by atoms with Gasteiger partial charge in [0.15, 0.2) is 0 Å². The largest absolute Gasteiger partial charge is 0.480 e. The van der Waals surface area contributed by atoms with E-state index < -0.39 is 11.5 Å². The molecule has 0 aliphatic heterocycles. The Bertz CT molecular complexity index is 520. The number of carbonyl (C=O) groups is 1. The molecular formula is C14H17BrN2O2S. The van der Waals surface area contributed by atoms with Crippen LogP contribution in [0.15, 0.2) is 27.8 Å². The molecule has 0 spiro atoms. The van der Waals surface area contributed by atoms with Gasteiger partial charge in [0.25, 0.3) is 0 Å². The Kier molecular flexibility index (Phi) is 4.06. The maximum atomic E-state index is 11.9. The molecule has 0 amide bonds.